The quantitative estimate of drug-likeness (QED) is 0.742. The van der Waals surface area contributed by atoms with Gasteiger partial charge in [-0.1, -0.05) is 24.3 Å². The second-order valence-electron chi connectivity index (χ2n) is 6.58. The summed E-state index contributed by atoms with van der Waals surface area (Å²) < 4.78 is 43.8. The van der Waals surface area contributed by atoms with Gasteiger partial charge in [-0.05, 0) is 43.0 Å². The van der Waals surface area contributed by atoms with E-state index in [2.05, 4.69) is 9.97 Å². The van der Waals surface area contributed by atoms with Crippen molar-refractivity contribution in [2.45, 2.75) is 32.0 Å². The highest BCUT2D eigenvalue weighted by Crippen LogP contribution is 2.28. The van der Waals surface area contributed by atoms with Gasteiger partial charge in [0.25, 0.3) is 0 Å². The van der Waals surface area contributed by atoms with Crippen LogP contribution < -0.4 is 4.74 Å². The van der Waals surface area contributed by atoms with Crippen LogP contribution in [0.3, 0.4) is 0 Å². The highest BCUT2D eigenvalue weighted by atomic mass is 19.4. The summed E-state index contributed by atoms with van der Waals surface area (Å²) in [6.45, 7) is 2.81. The second kappa shape index (κ2) is 8.41. The molecule has 3 rings (SSSR count). The first-order chi connectivity index (χ1) is 13.3. The molecule has 1 saturated heterocycles. The lowest BCUT2D eigenvalue weighted by Crippen LogP contribution is -2.44. The Hall–Kier alpha value is -2.90. The Labute approximate surface area is 160 Å². The molecule has 0 radical (unpaired) electrons. The van der Waals surface area contributed by atoms with Crippen LogP contribution in [0.1, 0.15) is 29.7 Å². The molecule has 0 saturated carbocycles. The molecule has 1 unspecified atom stereocenters. The fourth-order valence-corrected chi connectivity index (χ4v) is 2.98. The Morgan fingerprint density at radius 3 is 2.82 bits per heavy atom. The van der Waals surface area contributed by atoms with E-state index in [1.54, 1.807) is 11.0 Å². The van der Waals surface area contributed by atoms with Crippen molar-refractivity contribution in [3.05, 3.63) is 59.4 Å². The smallest absolute Gasteiger partial charge is 0.433 e. The minimum Gasteiger partial charge on any atom is -0.458 e. The van der Waals surface area contributed by atoms with Gasteiger partial charge in [-0.25, -0.2) is 4.98 Å². The average Bonchev–Trinajstić information content (AvgIpc) is 2.67. The van der Waals surface area contributed by atoms with Crippen molar-refractivity contribution in [1.29, 1.82) is 0 Å². The maximum atomic E-state index is 12.8. The minimum absolute atomic E-state index is 0.165. The summed E-state index contributed by atoms with van der Waals surface area (Å²) in [6, 6.07) is 8.17. The lowest BCUT2D eigenvalue weighted by atomic mass is 10.1. The van der Waals surface area contributed by atoms with E-state index in [4.69, 9.17) is 4.74 Å². The van der Waals surface area contributed by atoms with Crippen LogP contribution in [-0.4, -0.2) is 40.0 Å². The lowest BCUT2D eigenvalue weighted by molar-refractivity contribution is -0.141. The zero-order valence-corrected chi connectivity index (χ0v) is 15.3. The average molecular weight is 391 g/mol. The largest absolute Gasteiger partial charge is 0.458 e. The summed E-state index contributed by atoms with van der Waals surface area (Å²) in [7, 11) is 0. The van der Waals surface area contributed by atoms with Gasteiger partial charge in [-0.15, -0.1) is 0 Å². The van der Waals surface area contributed by atoms with Gasteiger partial charge in [0.1, 0.15) is 6.10 Å². The number of amides is 1. The summed E-state index contributed by atoms with van der Waals surface area (Å²) in [5, 5.41) is 0. The van der Waals surface area contributed by atoms with Crippen molar-refractivity contribution < 1.29 is 22.7 Å². The number of likely N-dealkylation sites (tertiary alicyclic amines) is 1. The predicted octanol–water partition coefficient (Wildman–Crippen LogP) is 3.89. The van der Waals surface area contributed by atoms with Gasteiger partial charge in [0.15, 0.2) is 5.69 Å². The Morgan fingerprint density at radius 1 is 1.29 bits per heavy atom. The number of benzene rings is 1. The number of halogens is 3. The zero-order valence-electron chi connectivity index (χ0n) is 15.3. The molecular formula is C20H20F3N3O2. The van der Waals surface area contributed by atoms with E-state index in [-0.39, 0.29) is 18.5 Å². The van der Waals surface area contributed by atoms with E-state index < -0.39 is 18.0 Å². The molecule has 1 aliphatic heterocycles. The molecule has 0 N–H and O–H groups in total. The maximum absolute atomic E-state index is 12.8. The minimum atomic E-state index is -4.56. The van der Waals surface area contributed by atoms with Crippen LogP contribution in [-0.2, 0) is 11.0 Å². The number of aromatic nitrogens is 2. The van der Waals surface area contributed by atoms with Crippen molar-refractivity contribution in [1.82, 2.24) is 14.9 Å². The molecule has 1 aromatic carbocycles. The lowest BCUT2D eigenvalue weighted by Gasteiger charge is -2.31. The molecule has 2 heterocycles. The topological polar surface area (TPSA) is 55.3 Å². The van der Waals surface area contributed by atoms with Crippen LogP contribution in [0.4, 0.5) is 13.2 Å². The molecule has 0 aliphatic carbocycles. The molecule has 1 atom stereocenters. The van der Waals surface area contributed by atoms with Crippen LogP contribution in [0.25, 0.3) is 6.08 Å². The fraction of sp³-hybridized carbons (Fsp3) is 0.350. The summed E-state index contributed by atoms with van der Waals surface area (Å²) in [6.07, 6.45) is 0.577. The van der Waals surface area contributed by atoms with Gasteiger partial charge < -0.3 is 9.64 Å². The Balaban J connectivity index is 1.62. The standard InChI is InChI=1S/C20H20F3N3O2/c1-14-5-2-3-6-15(14)8-9-18(27)26-12-4-7-16(13-26)28-19-24-11-10-17(25-19)20(21,22)23/h2-3,5-6,8-11,16H,4,7,12-13H2,1H3/b9-8+. The molecule has 0 spiro atoms. The monoisotopic (exact) mass is 391 g/mol. The van der Waals surface area contributed by atoms with E-state index in [1.165, 1.54) is 6.08 Å². The van der Waals surface area contributed by atoms with E-state index in [0.717, 1.165) is 23.4 Å². The molecule has 1 aliphatic rings. The number of hydrogen-bond donors (Lipinski definition) is 0. The first-order valence-corrected chi connectivity index (χ1v) is 8.92. The van der Waals surface area contributed by atoms with E-state index in [0.29, 0.717) is 19.4 Å². The number of aryl methyl sites for hydroxylation is 1. The van der Waals surface area contributed by atoms with Crippen LogP contribution in [0.5, 0.6) is 6.01 Å². The summed E-state index contributed by atoms with van der Waals surface area (Å²) in [4.78, 5) is 21.3. The molecule has 0 bridgehead atoms. The third-order valence-corrected chi connectivity index (χ3v) is 4.48. The van der Waals surface area contributed by atoms with Crippen molar-refractivity contribution in [3.8, 4) is 6.01 Å². The molecule has 5 nitrogen and oxygen atoms in total. The van der Waals surface area contributed by atoms with Crippen LogP contribution in [0, 0.1) is 6.92 Å². The van der Waals surface area contributed by atoms with Gasteiger partial charge in [0.2, 0.25) is 5.91 Å². The Kier molecular flexibility index (Phi) is 5.96. The normalized spacial score (nSPS) is 17.7. The summed E-state index contributed by atoms with van der Waals surface area (Å²) in [5.41, 5.74) is 0.966. The Morgan fingerprint density at radius 2 is 2.07 bits per heavy atom. The molecule has 1 aromatic heterocycles. The SMILES string of the molecule is Cc1ccccc1/C=C/C(=O)N1CCCC(Oc2nccc(C(F)(F)F)n2)C1. The van der Waals surface area contributed by atoms with E-state index in [9.17, 15) is 18.0 Å². The van der Waals surface area contributed by atoms with Crippen LogP contribution in [0.15, 0.2) is 42.6 Å². The second-order valence-corrected chi connectivity index (χ2v) is 6.58. The number of alkyl halides is 3. The van der Waals surface area contributed by atoms with Gasteiger partial charge in [-0.3, -0.25) is 4.79 Å². The van der Waals surface area contributed by atoms with Gasteiger partial charge in [0.05, 0.1) is 6.54 Å². The van der Waals surface area contributed by atoms with E-state index >= 15 is 0 Å². The first kappa shape index (κ1) is 19.9. The molecule has 1 fully saturated rings. The fourth-order valence-electron chi connectivity index (χ4n) is 2.98. The molecule has 8 heteroatoms. The number of rotatable bonds is 4. The number of hydrogen-bond acceptors (Lipinski definition) is 4. The molecule has 148 valence electrons. The van der Waals surface area contributed by atoms with Crippen LogP contribution >= 0.6 is 0 Å². The molecule has 2 aromatic rings. The van der Waals surface area contributed by atoms with Gasteiger partial charge in [0, 0.05) is 18.8 Å². The maximum Gasteiger partial charge on any atom is 0.433 e. The molecule has 1 amide bonds. The molecular weight excluding hydrogens is 371 g/mol. The zero-order chi connectivity index (χ0) is 20.1. The number of carbonyl (C=O) groups is 1. The highest BCUT2D eigenvalue weighted by molar-refractivity contribution is 5.92. The third-order valence-electron chi connectivity index (χ3n) is 4.48. The van der Waals surface area contributed by atoms with Crippen molar-refractivity contribution in [3.63, 3.8) is 0 Å². The number of ether oxygens (including phenoxy) is 1. The predicted molar refractivity (Wildman–Crippen MR) is 97.5 cm³/mol. The number of nitrogens with zero attached hydrogens (tertiary/aromatic N) is 3. The number of carbonyl (C=O) groups excluding carboxylic acids is 1. The third kappa shape index (κ3) is 5.09. The van der Waals surface area contributed by atoms with Gasteiger partial charge >= 0.3 is 12.2 Å². The highest BCUT2D eigenvalue weighted by Gasteiger charge is 2.33. The first-order valence-electron chi connectivity index (χ1n) is 8.92. The number of piperidine rings is 1. The Bertz CT molecular complexity index is 868. The van der Waals surface area contributed by atoms with Crippen molar-refractivity contribution in [2.75, 3.05) is 13.1 Å². The van der Waals surface area contributed by atoms with E-state index in [1.807, 2.05) is 31.2 Å². The summed E-state index contributed by atoms with van der Waals surface area (Å²) >= 11 is 0. The van der Waals surface area contributed by atoms with Gasteiger partial charge in [-0.2, -0.15) is 18.2 Å². The molecule has 28 heavy (non-hydrogen) atoms. The van der Waals surface area contributed by atoms with Crippen LogP contribution in [0.2, 0.25) is 0 Å². The van der Waals surface area contributed by atoms with Crippen molar-refractivity contribution in [2.24, 2.45) is 0 Å². The summed E-state index contributed by atoms with van der Waals surface area (Å²) in [5.74, 6) is -0.165. The van der Waals surface area contributed by atoms with Crippen molar-refractivity contribution >= 4 is 12.0 Å².